The number of aromatic nitrogens is 1. The summed E-state index contributed by atoms with van der Waals surface area (Å²) in [5, 5.41) is 5.17. The van der Waals surface area contributed by atoms with Gasteiger partial charge in [-0.2, -0.15) is 0 Å². The van der Waals surface area contributed by atoms with E-state index in [2.05, 4.69) is 174 Å². The summed E-state index contributed by atoms with van der Waals surface area (Å²) in [4.78, 5) is 0. The highest BCUT2D eigenvalue weighted by atomic mass is 15.0. The molecule has 0 saturated heterocycles. The van der Waals surface area contributed by atoms with Crippen LogP contribution in [-0.2, 0) is 6.42 Å². The van der Waals surface area contributed by atoms with Crippen LogP contribution in [0.5, 0.6) is 0 Å². The minimum Gasteiger partial charge on any atom is -0.309 e. The molecule has 0 spiro atoms. The maximum absolute atomic E-state index is 2.45. The molecule has 228 valence electrons. The van der Waals surface area contributed by atoms with Crippen LogP contribution in [0.1, 0.15) is 33.7 Å². The zero-order valence-corrected chi connectivity index (χ0v) is 26.9. The van der Waals surface area contributed by atoms with Gasteiger partial charge in [-0.3, -0.25) is 0 Å². The third kappa shape index (κ3) is 3.93. The Balaban J connectivity index is 1.10. The van der Waals surface area contributed by atoms with Crippen LogP contribution in [0.15, 0.2) is 170 Å². The average molecular weight is 622 g/mol. The van der Waals surface area contributed by atoms with Gasteiger partial charge in [-0.1, -0.05) is 127 Å². The van der Waals surface area contributed by atoms with E-state index in [1.54, 1.807) is 0 Å². The van der Waals surface area contributed by atoms with Crippen LogP contribution in [0, 0.1) is 0 Å². The van der Waals surface area contributed by atoms with Gasteiger partial charge in [-0.15, -0.1) is 0 Å². The van der Waals surface area contributed by atoms with Crippen LogP contribution >= 0.6 is 0 Å². The van der Waals surface area contributed by atoms with Crippen molar-refractivity contribution in [2.24, 2.45) is 0 Å². The molecule has 1 atom stereocenters. The van der Waals surface area contributed by atoms with Gasteiger partial charge in [0.05, 0.1) is 11.0 Å². The Kier molecular flexibility index (Phi) is 5.57. The summed E-state index contributed by atoms with van der Waals surface area (Å²) >= 11 is 0. The van der Waals surface area contributed by atoms with Gasteiger partial charge in [0.25, 0.3) is 0 Å². The van der Waals surface area contributed by atoms with Crippen molar-refractivity contribution < 1.29 is 0 Å². The molecule has 8 aromatic carbocycles. The third-order valence-electron chi connectivity index (χ3n) is 11.1. The molecule has 2 aliphatic rings. The number of nitrogens with zero attached hydrogens (tertiary/aromatic N) is 1. The Hall–Kier alpha value is -6.18. The van der Waals surface area contributed by atoms with Gasteiger partial charge in [-0.05, 0) is 121 Å². The first-order valence-electron chi connectivity index (χ1n) is 17.3. The topological polar surface area (TPSA) is 4.93 Å². The smallest absolute Gasteiger partial charge is 0.0544 e. The van der Waals surface area contributed by atoms with Crippen LogP contribution < -0.4 is 0 Å². The molecule has 0 saturated carbocycles. The number of para-hydroxylation sites is 1. The number of hydrogen-bond donors (Lipinski definition) is 0. The summed E-state index contributed by atoms with van der Waals surface area (Å²) in [6.45, 7) is 0. The van der Waals surface area contributed by atoms with Crippen molar-refractivity contribution in [3.05, 3.63) is 198 Å². The molecule has 0 bridgehead atoms. The highest BCUT2D eigenvalue weighted by Crippen LogP contribution is 2.50. The Morgan fingerprint density at radius 1 is 0.408 bits per heavy atom. The van der Waals surface area contributed by atoms with E-state index in [9.17, 15) is 0 Å². The average Bonchev–Trinajstić information content (AvgIpc) is 3.80. The lowest BCUT2D eigenvalue weighted by atomic mass is 9.87. The first-order valence-corrected chi connectivity index (χ1v) is 17.3. The Bertz CT molecular complexity index is 2800. The molecule has 1 heterocycles. The molecule has 2 aliphatic carbocycles. The zero-order chi connectivity index (χ0) is 32.1. The number of rotatable bonds is 3. The molecule has 9 aromatic rings. The van der Waals surface area contributed by atoms with E-state index in [4.69, 9.17) is 0 Å². The van der Waals surface area contributed by atoms with E-state index < -0.39 is 0 Å². The van der Waals surface area contributed by atoms with E-state index >= 15 is 0 Å². The second-order valence-corrected chi connectivity index (χ2v) is 13.7. The molecular formula is C48H31N. The van der Waals surface area contributed by atoms with Crippen LogP contribution in [0.4, 0.5) is 0 Å². The van der Waals surface area contributed by atoms with E-state index in [-0.39, 0.29) is 5.92 Å². The summed E-state index contributed by atoms with van der Waals surface area (Å²) in [5.74, 6) is 0.223. The summed E-state index contributed by atoms with van der Waals surface area (Å²) in [6, 6.07) is 63.4. The van der Waals surface area contributed by atoms with Crippen molar-refractivity contribution in [1.82, 2.24) is 4.57 Å². The number of hydrogen-bond acceptors (Lipinski definition) is 0. The van der Waals surface area contributed by atoms with E-state index in [0.29, 0.717) is 0 Å². The summed E-state index contributed by atoms with van der Waals surface area (Å²) in [5.41, 5.74) is 18.6. The van der Waals surface area contributed by atoms with E-state index in [1.165, 1.54) is 99.5 Å². The van der Waals surface area contributed by atoms with Crippen LogP contribution in [-0.4, -0.2) is 4.57 Å². The molecule has 11 rings (SSSR count). The molecular weight excluding hydrogens is 591 g/mol. The predicted molar refractivity (Wildman–Crippen MR) is 205 cm³/mol. The largest absolute Gasteiger partial charge is 0.309 e. The fourth-order valence-corrected chi connectivity index (χ4v) is 8.81. The lowest BCUT2D eigenvalue weighted by Crippen LogP contribution is -1.99. The highest BCUT2D eigenvalue weighted by Gasteiger charge is 2.30. The van der Waals surface area contributed by atoms with Gasteiger partial charge in [0, 0.05) is 22.4 Å². The van der Waals surface area contributed by atoms with Gasteiger partial charge in [0.1, 0.15) is 0 Å². The Labute approximate surface area is 285 Å². The summed E-state index contributed by atoms with van der Waals surface area (Å²) in [6.07, 6.45) is 0.986. The minimum atomic E-state index is 0.223. The minimum absolute atomic E-state index is 0.223. The molecule has 0 amide bonds. The molecule has 0 radical (unpaired) electrons. The normalized spacial score (nSPS) is 14.2. The molecule has 0 aliphatic heterocycles. The van der Waals surface area contributed by atoms with Crippen LogP contribution in [0.2, 0.25) is 0 Å². The van der Waals surface area contributed by atoms with Gasteiger partial charge in [-0.25, -0.2) is 0 Å². The lowest BCUT2D eigenvalue weighted by molar-refractivity contribution is 1.02. The van der Waals surface area contributed by atoms with Gasteiger partial charge in [0.15, 0.2) is 0 Å². The van der Waals surface area contributed by atoms with E-state index in [0.717, 1.165) is 6.42 Å². The predicted octanol–water partition coefficient (Wildman–Crippen LogP) is 12.3. The Morgan fingerprint density at radius 3 is 2.04 bits per heavy atom. The fourth-order valence-electron chi connectivity index (χ4n) is 8.81. The van der Waals surface area contributed by atoms with Crippen molar-refractivity contribution in [1.29, 1.82) is 0 Å². The molecule has 1 unspecified atom stereocenters. The third-order valence-corrected chi connectivity index (χ3v) is 11.1. The second-order valence-electron chi connectivity index (χ2n) is 13.7. The standard InChI is InChI=1S/C48H31N/c1-2-13-37(14-3-1)49-46-23-21-33(27-44(46)45-29-42-36(28-47(45)49)25-34-12-6-7-15-38(34)42)32-20-22-41-43(26-32)39-16-8-9-17-40(39)48(41)35-19-18-30-10-4-5-11-31(30)24-35/h1-24,26-29,48H,25H2. The van der Waals surface area contributed by atoms with Crippen molar-refractivity contribution in [2.75, 3.05) is 0 Å². The monoisotopic (exact) mass is 621 g/mol. The molecule has 1 heteroatoms. The lowest BCUT2D eigenvalue weighted by Gasteiger charge is -2.16. The second kappa shape index (κ2) is 10.2. The summed E-state index contributed by atoms with van der Waals surface area (Å²) in [7, 11) is 0. The van der Waals surface area contributed by atoms with Crippen molar-refractivity contribution >= 4 is 32.6 Å². The number of fused-ring (bicyclic) bond motifs is 10. The molecule has 1 aromatic heterocycles. The highest BCUT2D eigenvalue weighted by molar-refractivity contribution is 6.12. The van der Waals surface area contributed by atoms with Crippen LogP contribution in [0.3, 0.4) is 0 Å². The quantitative estimate of drug-likeness (QED) is 0.185. The molecule has 49 heavy (non-hydrogen) atoms. The first kappa shape index (κ1) is 26.8. The maximum atomic E-state index is 2.45. The summed E-state index contributed by atoms with van der Waals surface area (Å²) < 4.78 is 2.45. The molecule has 0 N–H and O–H groups in total. The van der Waals surface area contributed by atoms with Crippen LogP contribution in [0.25, 0.3) is 71.6 Å². The Morgan fingerprint density at radius 2 is 1.12 bits per heavy atom. The van der Waals surface area contributed by atoms with Crippen molar-refractivity contribution in [3.63, 3.8) is 0 Å². The molecule has 0 fully saturated rings. The van der Waals surface area contributed by atoms with E-state index in [1.807, 2.05) is 0 Å². The van der Waals surface area contributed by atoms with Gasteiger partial charge in [0.2, 0.25) is 0 Å². The zero-order valence-electron chi connectivity index (χ0n) is 26.9. The fraction of sp³-hybridized carbons (Fsp3) is 0.0417. The SMILES string of the molecule is c1ccc(-n2c3ccc(-c4ccc5c(c4)-c4ccccc4C5c4ccc5ccccc5c4)cc3c3cc4c(cc32)Cc2ccccc2-4)cc1. The number of benzene rings is 8. The van der Waals surface area contributed by atoms with Gasteiger partial charge < -0.3 is 4.57 Å². The first-order chi connectivity index (χ1) is 24.3. The van der Waals surface area contributed by atoms with Gasteiger partial charge >= 0.3 is 0 Å². The van der Waals surface area contributed by atoms with Crippen molar-refractivity contribution in [3.8, 4) is 39.1 Å². The maximum Gasteiger partial charge on any atom is 0.0544 e. The van der Waals surface area contributed by atoms with Crippen molar-refractivity contribution in [2.45, 2.75) is 12.3 Å². The molecule has 1 nitrogen and oxygen atoms in total.